The second-order valence-corrected chi connectivity index (χ2v) is 6.30. The van der Waals surface area contributed by atoms with E-state index in [4.69, 9.17) is 17.0 Å². The molecule has 0 radical (unpaired) electrons. The first kappa shape index (κ1) is 10.7. The van der Waals surface area contributed by atoms with E-state index in [0.717, 1.165) is 22.8 Å². The van der Waals surface area contributed by atoms with E-state index in [9.17, 15) is 0 Å². The van der Waals surface area contributed by atoms with Gasteiger partial charge >= 0.3 is 0 Å². The van der Waals surface area contributed by atoms with Crippen LogP contribution in [0.2, 0.25) is 0 Å². The predicted octanol–water partition coefficient (Wildman–Crippen LogP) is 3.67. The Bertz CT molecular complexity index is 264. The van der Waals surface area contributed by atoms with Crippen LogP contribution in [0.3, 0.4) is 0 Å². The molecule has 1 aromatic rings. The first-order valence-corrected chi connectivity index (χ1v) is 7.18. The molecule has 0 saturated carbocycles. The zero-order valence-corrected chi connectivity index (χ0v) is 10.0. The topological polar surface area (TPSA) is 9.23 Å². The predicted molar refractivity (Wildman–Crippen MR) is 60.2 cm³/mol. The van der Waals surface area contributed by atoms with E-state index >= 15 is 0 Å². The van der Waals surface area contributed by atoms with Crippen LogP contribution in [0.25, 0.3) is 0 Å². The highest BCUT2D eigenvalue weighted by Gasteiger charge is 1.95. The molecule has 12 heavy (non-hydrogen) atoms. The Hall–Kier alpha value is 0.580. The minimum atomic E-state index is 0.805. The van der Waals surface area contributed by atoms with Crippen LogP contribution >= 0.6 is 44.7 Å². The summed E-state index contributed by atoms with van der Waals surface area (Å²) in [5.41, 5.74) is 0. The van der Waals surface area contributed by atoms with Crippen molar-refractivity contribution in [3.63, 3.8) is 0 Å². The van der Waals surface area contributed by atoms with Gasteiger partial charge in [-0.1, -0.05) is 32.9 Å². The minimum Gasteiger partial charge on any atom is -0.381 e. The van der Waals surface area contributed by atoms with Gasteiger partial charge in [0.25, 0.3) is 0 Å². The maximum absolute atomic E-state index is 5.22. The van der Waals surface area contributed by atoms with Crippen LogP contribution in [-0.4, -0.2) is 19.0 Å². The van der Waals surface area contributed by atoms with Crippen LogP contribution in [0.5, 0.6) is 0 Å². The van der Waals surface area contributed by atoms with Crippen LogP contribution in [-0.2, 0) is 4.74 Å². The third-order valence-corrected chi connectivity index (χ3v) is 5.47. The lowest BCUT2D eigenvalue weighted by atomic mass is 10.8. The van der Waals surface area contributed by atoms with Crippen molar-refractivity contribution in [2.75, 3.05) is 19.0 Å². The lowest BCUT2D eigenvalue weighted by molar-refractivity contribution is 0.164. The van der Waals surface area contributed by atoms with Gasteiger partial charge in [0.1, 0.15) is 3.82 Å². The molecule has 0 fully saturated rings. The first-order chi connectivity index (χ1) is 5.83. The Kier molecular flexibility index (Phi) is 5.42. The highest BCUT2D eigenvalue weighted by atomic mass is 32.9. The molecule has 0 bridgehead atoms. The van der Waals surface area contributed by atoms with Crippen LogP contribution in [0, 0.1) is 3.82 Å². The average molecular weight is 238 g/mol. The van der Waals surface area contributed by atoms with Gasteiger partial charge in [-0.25, -0.2) is 0 Å². The summed E-state index contributed by atoms with van der Waals surface area (Å²) >= 11 is 6.84. The van der Waals surface area contributed by atoms with Crippen LogP contribution in [0.1, 0.15) is 6.92 Å². The summed E-state index contributed by atoms with van der Waals surface area (Å²) in [5, 5.41) is 0. The van der Waals surface area contributed by atoms with Gasteiger partial charge in [-0.2, -0.15) is 0 Å². The lowest BCUT2D eigenvalue weighted by Crippen LogP contribution is -1.94. The van der Waals surface area contributed by atoms with Gasteiger partial charge in [-0.15, -0.1) is 11.8 Å². The van der Waals surface area contributed by atoms with Crippen molar-refractivity contribution in [2.45, 2.75) is 11.1 Å². The van der Waals surface area contributed by atoms with Gasteiger partial charge in [-0.3, -0.25) is 0 Å². The highest BCUT2D eigenvalue weighted by molar-refractivity contribution is 8.02. The van der Waals surface area contributed by atoms with Gasteiger partial charge in [-0.05, 0) is 13.0 Å². The molecule has 0 aliphatic heterocycles. The molecule has 0 spiro atoms. The summed E-state index contributed by atoms with van der Waals surface area (Å²) < 4.78 is 7.52. The normalized spacial score (nSPS) is 10.4. The number of rotatable bonds is 5. The zero-order valence-electron chi connectivity index (χ0n) is 6.74. The first-order valence-electron chi connectivity index (χ1n) is 3.63. The van der Waals surface area contributed by atoms with E-state index in [1.165, 1.54) is 4.21 Å². The van der Waals surface area contributed by atoms with E-state index in [0.29, 0.717) is 0 Å². The Morgan fingerprint density at radius 1 is 1.58 bits per heavy atom. The lowest BCUT2D eigenvalue weighted by Gasteiger charge is -1.97. The van der Waals surface area contributed by atoms with Crippen molar-refractivity contribution in [1.82, 2.24) is 0 Å². The van der Waals surface area contributed by atoms with E-state index in [1.807, 2.05) is 18.7 Å². The molecule has 0 saturated heterocycles. The maximum atomic E-state index is 5.22. The molecule has 0 unspecified atom stereocenters. The highest BCUT2D eigenvalue weighted by Crippen LogP contribution is 2.28. The van der Waals surface area contributed by atoms with Gasteiger partial charge in [0.15, 0.2) is 0 Å². The second-order valence-electron chi connectivity index (χ2n) is 1.99. The molecule has 1 aromatic heterocycles. The Morgan fingerprint density at radius 2 is 2.42 bits per heavy atom. The smallest absolute Gasteiger partial charge is 0.103 e. The molecular formula is C7H10OS4. The van der Waals surface area contributed by atoms with Crippen molar-refractivity contribution >= 4 is 44.7 Å². The van der Waals surface area contributed by atoms with Crippen LogP contribution in [0.15, 0.2) is 10.3 Å². The molecule has 0 atom stereocenters. The average Bonchev–Trinajstić information content (AvgIpc) is 2.45. The zero-order chi connectivity index (χ0) is 8.81. The van der Waals surface area contributed by atoms with Crippen molar-refractivity contribution in [2.24, 2.45) is 0 Å². The molecule has 0 aromatic carbocycles. The fourth-order valence-corrected chi connectivity index (χ4v) is 4.42. The number of ether oxygens (including phenoxy) is 1. The summed E-state index contributed by atoms with van der Waals surface area (Å²) in [7, 11) is 3.42. The Morgan fingerprint density at radius 3 is 3.00 bits per heavy atom. The summed E-state index contributed by atoms with van der Waals surface area (Å²) in [5.74, 6) is 1.02. The summed E-state index contributed by atoms with van der Waals surface area (Å²) in [6.07, 6.45) is 0. The molecule has 0 aliphatic carbocycles. The molecule has 68 valence electrons. The quantitative estimate of drug-likeness (QED) is 0.335. The van der Waals surface area contributed by atoms with Gasteiger partial charge in [0.2, 0.25) is 0 Å². The Labute approximate surface area is 89.2 Å². The third-order valence-electron chi connectivity index (χ3n) is 1.12. The summed E-state index contributed by atoms with van der Waals surface area (Å²) in [6, 6.07) is 2.06. The van der Waals surface area contributed by atoms with Crippen molar-refractivity contribution in [3.05, 3.63) is 9.89 Å². The maximum Gasteiger partial charge on any atom is 0.103 e. The second kappa shape index (κ2) is 6.10. The number of hydrogen-bond acceptors (Lipinski definition) is 5. The monoisotopic (exact) mass is 238 g/mol. The SMILES string of the molecule is CCOCCSc1cc(=S)ss1. The number of thioether (sulfide) groups is 1. The van der Waals surface area contributed by atoms with Crippen molar-refractivity contribution in [3.8, 4) is 0 Å². The minimum absolute atomic E-state index is 0.805. The van der Waals surface area contributed by atoms with E-state index < -0.39 is 0 Å². The summed E-state index contributed by atoms with van der Waals surface area (Å²) in [6.45, 7) is 3.65. The summed E-state index contributed by atoms with van der Waals surface area (Å²) in [4.78, 5) is 0. The molecule has 0 aliphatic rings. The van der Waals surface area contributed by atoms with Crippen LogP contribution < -0.4 is 0 Å². The Balaban J connectivity index is 2.20. The molecule has 0 N–H and O–H groups in total. The molecule has 5 heteroatoms. The molecule has 1 rings (SSSR count). The van der Waals surface area contributed by atoms with Gasteiger partial charge in [0, 0.05) is 12.4 Å². The van der Waals surface area contributed by atoms with Crippen molar-refractivity contribution < 1.29 is 4.74 Å². The number of hydrogen-bond donors (Lipinski definition) is 0. The molecular weight excluding hydrogens is 228 g/mol. The van der Waals surface area contributed by atoms with E-state index in [-0.39, 0.29) is 0 Å². The molecule has 0 amide bonds. The van der Waals surface area contributed by atoms with E-state index in [2.05, 4.69) is 6.07 Å². The van der Waals surface area contributed by atoms with E-state index in [1.54, 1.807) is 20.7 Å². The largest absolute Gasteiger partial charge is 0.381 e. The standard InChI is InChI=1S/C7H10OS4/c1-2-8-3-4-10-7-5-6(9)11-12-7/h5H,2-4H2,1H3. The molecule has 1 nitrogen and oxygen atoms in total. The van der Waals surface area contributed by atoms with Gasteiger partial charge < -0.3 is 4.74 Å². The third kappa shape index (κ3) is 4.00. The van der Waals surface area contributed by atoms with Crippen LogP contribution in [0.4, 0.5) is 0 Å². The van der Waals surface area contributed by atoms with Gasteiger partial charge in [0.05, 0.1) is 10.8 Å². The fraction of sp³-hybridized carbons (Fsp3) is 0.571. The fourth-order valence-electron chi connectivity index (χ4n) is 0.638. The molecule has 1 heterocycles. The van der Waals surface area contributed by atoms with Crippen molar-refractivity contribution in [1.29, 1.82) is 0 Å².